The van der Waals surface area contributed by atoms with Crippen LogP contribution in [-0.4, -0.2) is 40.7 Å². The van der Waals surface area contributed by atoms with Crippen LogP contribution in [0.3, 0.4) is 0 Å². The molecule has 0 amide bonds. The highest BCUT2D eigenvalue weighted by Gasteiger charge is 2.16. The molecule has 0 aliphatic heterocycles. The molecular formula is C16H13N3O6S-2. The van der Waals surface area contributed by atoms with E-state index in [-0.39, 0.29) is 34.8 Å². The monoisotopic (exact) mass is 375 g/mol. The molecule has 0 saturated carbocycles. The van der Waals surface area contributed by atoms with Gasteiger partial charge in [-0.25, -0.2) is 14.8 Å². The van der Waals surface area contributed by atoms with Crippen molar-refractivity contribution in [2.45, 2.75) is 12.1 Å². The van der Waals surface area contributed by atoms with Crippen LogP contribution >= 0.6 is 11.8 Å². The zero-order valence-corrected chi connectivity index (χ0v) is 14.6. The number of nitrogens with one attached hydrogen (secondary N) is 1. The number of carbonyl (C=O) groups is 3. The number of rotatable bonds is 7. The van der Waals surface area contributed by atoms with Crippen LogP contribution in [0.4, 0.5) is 11.5 Å². The number of aromatic nitrogens is 2. The second kappa shape index (κ2) is 8.30. The van der Waals surface area contributed by atoms with Crippen molar-refractivity contribution in [3.8, 4) is 0 Å². The smallest absolute Gasteiger partial charge is 0.343 e. The van der Waals surface area contributed by atoms with Crippen LogP contribution in [0.2, 0.25) is 0 Å². The third-order valence-electron chi connectivity index (χ3n) is 3.11. The Morgan fingerprint density at radius 2 is 1.77 bits per heavy atom. The Morgan fingerprint density at radius 3 is 2.27 bits per heavy atom. The number of benzene rings is 1. The van der Waals surface area contributed by atoms with Gasteiger partial charge in [-0.3, -0.25) is 0 Å². The fourth-order valence-corrected chi connectivity index (χ4v) is 2.33. The van der Waals surface area contributed by atoms with Crippen molar-refractivity contribution >= 4 is 41.2 Å². The minimum absolute atomic E-state index is 0.0125. The van der Waals surface area contributed by atoms with E-state index >= 15 is 0 Å². The van der Waals surface area contributed by atoms with Gasteiger partial charge in [-0.15, -0.1) is 0 Å². The van der Waals surface area contributed by atoms with Gasteiger partial charge in [0.05, 0.1) is 18.5 Å². The first-order valence-corrected chi connectivity index (χ1v) is 8.51. The highest BCUT2D eigenvalue weighted by molar-refractivity contribution is 7.98. The van der Waals surface area contributed by atoms with Crippen LogP contribution in [0.5, 0.6) is 0 Å². The van der Waals surface area contributed by atoms with E-state index in [1.165, 1.54) is 18.0 Å². The molecule has 0 aliphatic carbocycles. The van der Waals surface area contributed by atoms with Crippen LogP contribution in [0.1, 0.15) is 38.0 Å². The molecule has 0 bridgehead atoms. The van der Waals surface area contributed by atoms with Crippen LogP contribution in [0.15, 0.2) is 29.6 Å². The first-order valence-electron chi connectivity index (χ1n) is 7.28. The van der Waals surface area contributed by atoms with E-state index in [1.807, 2.05) is 0 Å². The third-order valence-corrected chi connectivity index (χ3v) is 3.67. The van der Waals surface area contributed by atoms with Gasteiger partial charge in [0.15, 0.2) is 5.16 Å². The van der Waals surface area contributed by atoms with E-state index in [1.54, 1.807) is 13.2 Å². The minimum atomic E-state index is -1.56. The van der Waals surface area contributed by atoms with E-state index < -0.39 is 17.9 Å². The van der Waals surface area contributed by atoms with Gasteiger partial charge in [-0.05, 0) is 42.5 Å². The van der Waals surface area contributed by atoms with E-state index in [4.69, 9.17) is 4.74 Å². The number of ether oxygens (including phenoxy) is 1. The van der Waals surface area contributed by atoms with Gasteiger partial charge in [0.2, 0.25) is 0 Å². The maximum absolute atomic E-state index is 12.0. The topological polar surface area (TPSA) is 144 Å². The molecule has 2 rings (SSSR count). The summed E-state index contributed by atoms with van der Waals surface area (Å²) >= 11 is 1.22. The summed E-state index contributed by atoms with van der Waals surface area (Å²) in [6, 6.07) is 3.21. The molecule has 2 aromatic rings. The van der Waals surface area contributed by atoms with Crippen molar-refractivity contribution in [2.75, 3.05) is 18.2 Å². The number of anilines is 2. The summed E-state index contributed by atoms with van der Waals surface area (Å²) in [6.45, 7) is 1.77. The maximum Gasteiger partial charge on any atom is 0.343 e. The minimum Gasteiger partial charge on any atom is -0.545 e. The lowest BCUT2D eigenvalue weighted by Crippen LogP contribution is -2.26. The van der Waals surface area contributed by atoms with Crippen LogP contribution < -0.4 is 15.5 Å². The third kappa shape index (κ3) is 4.48. The van der Waals surface area contributed by atoms with Gasteiger partial charge in [0, 0.05) is 11.9 Å². The molecule has 1 heterocycles. The van der Waals surface area contributed by atoms with Gasteiger partial charge in [0.25, 0.3) is 0 Å². The molecular weight excluding hydrogens is 362 g/mol. The summed E-state index contributed by atoms with van der Waals surface area (Å²) in [5.74, 6) is -3.76. The number of esters is 1. The molecule has 0 radical (unpaired) electrons. The summed E-state index contributed by atoms with van der Waals surface area (Å²) in [6.07, 6.45) is 3.00. The van der Waals surface area contributed by atoms with Crippen molar-refractivity contribution in [3.05, 3.63) is 41.1 Å². The number of hydrogen-bond donors (Lipinski definition) is 1. The molecule has 0 unspecified atom stereocenters. The second-order valence-corrected chi connectivity index (χ2v) is 5.61. The number of carboxylic acid groups (broad SMARTS) is 2. The van der Waals surface area contributed by atoms with Gasteiger partial charge >= 0.3 is 5.97 Å². The molecule has 0 aliphatic rings. The van der Waals surface area contributed by atoms with Crippen molar-refractivity contribution in [2.24, 2.45) is 0 Å². The van der Waals surface area contributed by atoms with Gasteiger partial charge < -0.3 is 29.9 Å². The van der Waals surface area contributed by atoms with E-state index in [0.29, 0.717) is 5.16 Å². The van der Waals surface area contributed by atoms with Crippen molar-refractivity contribution in [3.63, 3.8) is 0 Å². The summed E-state index contributed by atoms with van der Waals surface area (Å²) in [5, 5.41) is 25.2. The van der Waals surface area contributed by atoms with E-state index in [9.17, 15) is 24.6 Å². The molecule has 0 atom stereocenters. The Morgan fingerprint density at radius 1 is 1.15 bits per heavy atom. The van der Waals surface area contributed by atoms with E-state index in [0.717, 1.165) is 18.2 Å². The largest absolute Gasteiger partial charge is 0.545 e. The number of carboxylic acids is 2. The SMILES string of the molecule is CCOC(=O)c1cnc(SC)nc1Nc1cc(C(=O)[O-])cc(C(=O)[O-])c1. The first-order chi connectivity index (χ1) is 12.3. The fourth-order valence-electron chi connectivity index (χ4n) is 1.99. The Bertz CT molecular complexity index is 839. The van der Waals surface area contributed by atoms with Gasteiger partial charge in [-0.2, -0.15) is 0 Å². The van der Waals surface area contributed by atoms with E-state index in [2.05, 4.69) is 15.3 Å². The summed E-state index contributed by atoms with van der Waals surface area (Å²) in [5.41, 5.74) is -0.655. The molecule has 1 aromatic heterocycles. The predicted molar refractivity (Wildman–Crippen MR) is 88.2 cm³/mol. The Balaban J connectivity index is 2.51. The lowest BCUT2D eigenvalue weighted by molar-refractivity contribution is -0.255. The molecule has 1 aromatic carbocycles. The molecule has 0 fully saturated rings. The number of carbonyl (C=O) groups excluding carboxylic acids is 3. The van der Waals surface area contributed by atoms with Crippen molar-refractivity contribution in [1.29, 1.82) is 0 Å². The highest BCUT2D eigenvalue weighted by atomic mass is 32.2. The van der Waals surface area contributed by atoms with Crippen LogP contribution in [-0.2, 0) is 4.74 Å². The molecule has 0 spiro atoms. The Labute approximate surface area is 152 Å². The van der Waals surface area contributed by atoms with Gasteiger partial charge in [-0.1, -0.05) is 11.8 Å². The van der Waals surface area contributed by atoms with Gasteiger partial charge in [0.1, 0.15) is 11.4 Å². The molecule has 1 N–H and O–H groups in total. The Kier molecular flexibility index (Phi) is 6.12. The summed E-state index contributed by atoms with van der Waals surface area (Å²) in [4.78, 5) is 42.4. The van der Waals surface area contributed by atoms with Crippen molar-refractivity contribution in [1.82, 2.24) is 9.97 Å². The Hall–Kier alpha value is -3.14. The predicted octanol–water partition coefficient (Wildman–Crippen LogP) is -0.154. The number of thioether (sulfide) groups is 1. The highest BCUT2D eigenvalue weighted by Crippen LogP contribution is 2.23. The lowest BCUT2D eigenvalue weighted by Gasteiger charge is -2.14. The molecule has 26 heavy (non-hydrogen) atoms. The lowest BCUT2D eigenvalue weighted by atomic mass is 10.1. The van der Waals surface area contributed by atoms with Crippen LogP contribution in [0, 0.1) is 0 Å². The zero-order valence-electron chi connectivity index (χ0n) is 13.8. The molecule has 136 valence electrons. The maximum atomic E-state index is 12.0. The normalized spacial score (nSPS) is 10.2. The second-order valence-electron chi connectivity index (χ2n) is 4.84. The zero-order chi connectivity index (χ0) is 19.3. The fraction of sp³-hybridized carbons (Fsp3) is 0.188. The quantitative estimate of drug-likeness (QED) is 0.394. The van der Waals surface area contributed by atoms with Crippen molar-refractivity contribution < 1.29 is 29.3 Å². The summed E-state index contributed by atoms with van der Waals surface area (Å²) in [7, 11) is 0. The molecule has 0 saturated heterocycles. The standard InChI is InChI=1S/C16H15N3O6S/c1-3-25-15(24)11-7-17-16(26-2)19-12(11)18-10-5-8(13(20)21)4-9(6-10)14(22)23/h4-7H,3H2,1-2H3,(H,20,21)(H,22,23)(H,17,18,19)/p-2. The summed E-state index contributed by atoms with van der Waals surface area (Å²) < 4.78 is 4.93. The average Bonchev–Trinajstić information content (AvgIpc) is 2.61. The van der Waals surface area contributed by atoms with Crippen LogP contribution in [0.25, 0.3) is 0 Å². The average molecular weight is 375 g/mol. The number of nitrogens with zero attached hydrogens (tertiary/aromatic N) is 2. The number of hydrogen-bond acceptors (Lipinski definition) is 10. The molecule has 9 nitrogen and oxygen atoms in total. The molecule has 10 heteroatoms. The first kappa shape index (κ1) is 19.2. The number of aromatic carboxylic acids is 2.